The summed E-state index contributed by atoms with van der Waals surface area (Å²) in [5.41, 5.74) is -0.0518. The van der Waals surface area contributed by atoms with Crippen molar-refractivity contribution < 1.29 is 22.8 Å². The maximum Gasteiger partial charge on any atom is 0.390 e. The van der Waals surface area contributed by atoms with Crippen LogP contribution in [0.3, 0.4) is 0 Å². The molecule has 1 aromatic carbocycles. The molecule has 23 heavy (non-hydrogen) atoms. The number of ether oxygens (including phenoxy) is 1. The molecule has 1 saturated heterocycles. The molecular formula is C14H18F3N3O3. The first-order valence-electron chi connectivity index (χ1n) is 7.15. The Hall–Kier alpha value is -1.87. The number of nitro groups is 1. The van der Waals surface area contributed by atoms with E-state index in [0.717, 1.165) is 0 Å². The summed E-state index contributed by atoms with van der Waals surface area (Å²) in [4.78, 5) is 12.2. The second-order valence-corrected chi connectivity index (χ2v) is 5.31. The molecule has 0 unspecified atom stereocenters. The van der Waals surface area contributed by atoms with Crippen molar-refractivity contribution in [3.05, 3.63) is 33.9 Å². The molecule has 2 rings (SSSR count). The van der Waals surface area contributed by atoms with E-state index in [2.05, 4.69) is 5.32 Å². The van der Waals surface area contributed by atoms with Crippen LogP contribution in [0.5, 0.6) is 5.75 Å². The molecule has 1 fully saturated rings. The van der Waals surface area contributed by atoms with Crippen molar-refractivity contribution in [1.29, 1.82) is 0 Å². The SMILES string of the molecule is COc1ccc([C@@H](CC(F)(F)F)N2CCNCC2)cc1[N+](=O)[O-]. The lowest BCUT2D eigenvalue weighted by Crippen LogP contribution is -2.46. The lowest BCUT2D eigenvalue weighted by atomic mass is 10.00. The van der Waals surface area contributed by atoms with Gasteiger partial charge in [-0.05, 0) is 11.6 Å². The van der Waals surface area contributed by atoms with Gasteiger partial charge >= 0.3 is 11.9 Å². The van der Waals surface area contributed by atoms with Crippen LogP contribution in [0.2, 0.25) is 0 Å². The van der Waals surface area contributed by atoms with E-state index in [1.54, 1.807) is 4.90 Å². The van der Waals surface area contributed by atoms with Crippen LogP contribution < -0.4 is 10.1 Å². The Balaban J connectivity index is 2.37. The summed E-state index contributed by atoms with van der Waals surface area (Å²) in [5.74, 6) is 0.0322. The third kappa shape index (κ3) is 4.55. The van der Waals surface area contributed by atoms with Crippen LogP contribution in [0.15, 0.2) is 18.2 Å². The molecule has 0 aliphatic carbocycles. The molecule has 128 valence electrons. The number of benzene rings is 1. The lowest BCUT2D eigenvalue weighted by molar-refractivity contribution is -0.385. The molecule has 0 spiro atoms. The Morgan fingerprint density at radius 1 is 1.39 bits per heavy atom. The summed E-state index contributed by atoms with van der Waals surface area (Å²) in [6.45, 7) is 2.10. The summed E-state index contributed by atoms with van der Waals surface area (Å²) in [7, 11) is 1.28. The molecule has 0 saturated carbocycles. The highest BCUT2D eigenvalue weighted by Gasteiger charge is 2.36. The average molecular weight is 333 g/mol. The highest BCUT2D eigenvalue weighted by Crippen LogP contribution is 2.37. The number of rotatable bonds is 5. The normalized spacial score (nSPS) is 17.7. The first-order valence-corrected chi connectivity index (χ1v) is 7.15. The quantitative estimate of drug-likeness (QED) is 0.662. The summed E-state index contributed by atoms with van der Waals surface area (Å²) in [6.07, 6.45) is -5.40. The summed E-state index contributed by atoms with van der Waals surface area (Å²) >= 11 is 0. The van der Waals surface area contributed by atoms with E-state index in [4.69, 9.17) is 4.74 Å². The van der Waals surface area contributed by atoms with E-state index < -0.39 is 23.6 Å². The number of nitrogens with zero attached hydrogens (tertiary/aromatic N) is 2. The fourth-order valence-corrected chi connectivity index (χ4v) is 2.73. The Morgan fingerprint density at radius 3 is 2.57 bits per heavy atom. The first-order chi connectivity index (χ1) is 10.8. The number of nitro benzene ring substituents is 1. The largest absolute Gasteiger partial charge is 0.490 e. The summed E-state index contributed by atoms with van der Waals surface area (Å²) in [6, 6.07) is 3.04. The van der Waals surface area contributed by atoms with Crippen LogP contribution in [-0.4, -0.2) is 49.3 Å². The number of nitrogens with one attached hydrogen (secondary N) is 1. The maximum absolute atomic E-state index is 13.0. The van der Waals surface area contributed by atoms with Crippen molar-refractivity contribution in [2.24, 2.45) is 0 Å². The van der Waals surface area contributed by atoms with Crippen molar-refractivity contribution in [2.45, 2.75) is 18.6 Å². The highest BCUT2D eigenvalue weighted by molar-refractivity contribution is 5.49. The molecule has 0 radical (unpaired) electrons. The second kappa shape index (κ2) is 7.14. The van der Waals surface area contributed by atoms with E-state index in [1.807, 2.05) is 0 Å². The van der Waals surface area contributed by atoms with Gasteiger partial charge in [0.05, 0.1) is 18.5 Å². The van der Waals surface area contributed by atoms with Crippen molar-refractivity contribution in [3.63, 3.8) is 0 Å². The van der Waals surface area contributed by atoms with Gasteiger partial charge in [-0.25, -0.2) is 0 Å². The Labute approximate surface area is 131 Å². The molecule has 0 amide bonds. The van der Waals surface area contributed by atoms with Gasteiger partial charge in [-0.3, -0.25) is 15.0 Å². The van der Waals surface area contributed by atoms with E-state index in [9.17, 15) is 23.3 Å². The van der Waals surface area contributed by atoms with E-state index in [1.165, 1.54) is 25.3 Å². The van der Waals surface area contributed by atoms with Gasteiger partial charge in [-0.2, -0.15) is 13.2 Å². The molecule has 1 N–H and O–H groups in total. The van der Waals surface area contributed by atoms with Crippen molar-refractivity contribution in [2.75, 3.05) is 33.3 Å². The molecule has 1 aliphatic rings. The zero-order valence-electron chi connectivity index (χ0n) is 12.6. The molecule has 1 heterocycles. The maximum atomic E-state index is 13.0. The zero-order chi connectivity index (χ0) is 17.0. The van der Waals surface area contributed by atoms with Crippen LogP contribution in [0.25, 0.3) is 0 Å². The van der Waals surface area contributed by atoms with Crippen LogP contribution in [-0.2, 0) is 0 Å². The minimum absolute atomic E-state index is 0.0322. The monoisotopic (exact) mass is 333 g/mol. The van der Waals surface area contributed by atoms with Crippen molar-refractivity contribution >= 4 is 5.69 Å². The smallest absolute Gasteiger partial charge is 0.390 e. The predicted molar refractivity (Wildman–Crippen MR) is 77.5 cm³/mol. The van der Waals surface area contributed by atoms with Gasteiger partial charge in [0.25, 0.3) is 0 Å². The Bertz CT molecular complexity index is 560. The van der Waals surface area contributed by atoms with E-state index in [0.29, 0.717) is 26.2 Å². The second-order valence-electron chi connectivity index (χ2n) is 5.31. The minimum Gasteiger partial charge on any atom is -0.490 e. The molecule has 9 heteroatoms. The number of hydrogen-bond acceptors (Lipinski definition) is 5. The molecule has 6 nitrogen and oxygen atoms in total. The molecule has 0 aromatic heterocycles. The van der Waals surface area contributed by atoms with Crippen LogP contribution in [0.4, 0.5) is 18.9 Å². The van der Waals surface area contributed by atoms with Gasteiger partial charge in [0.2, 0.25) is 0 Å². The number of piperazine rings is 1. The molecule has 0 bridgehead atoms. The molecule has 1 atom stereocenters. The number of alkyl halides is 3. The van der Waals surface area contributed by atoms with Gasteiger partial charge in [0.15, 0.2) is 5.75 Å². The van der Waals surface area contributed by atoms with Gasteiger partial charge in [0, 0.05) is 38.3 Å². The van der Waals surface area contributed by atoms with Crippen LogP contribution in [0, 0.1) is 10.1 Å². The van der Waals surface area contributed by atoms with Gasteiger partial charge in [-0.1, -0.05) is 6.07 Å². The Morgan fingerprint density at radius 2 is 2.04 bits per heavy atom. The Kier molecular flexibility index (Phi) is 5.42. The van der Waals surface area contributed by atoms with Gasteiger partial charge in [-0.15, -0.1) is 0 Å². The van der Waals surface area contributed by atoms with Crippen LogP contribution >= 0.6 is 0 Å². The third-order valence-corrected chi connectivity index (χ3v) is 3.80. The van der Waals surface area contributed by atoms with E-state index >= 15 is 0 Å². The topological polar surface area (TPSA) is 67.6 Å². The number of halogens is 3. The number of hydrogen-bond donors (Lipinski definition) is 1. The average Bonchev–Trinajstić information content (AvgIpc) is 2.52. The van der Waals surface area contributed by atoms with Gasteiger partial charge in [0.1, 0.15) is 0 Å². The van der Waals surface area contributed by atoms with Crippen molar-refractivity contribution in [1.82, 2.24) is 10.2 Å². The first kappa shape index (κ1) is 17.5. The standard InChI is InChI=1S/C14H18F3N3O3/c1-23-13-3-2-10(8-11(13)20(21)22)12(9-14(15,16)17)19-6-4-18-5-7-19/h2-3,8,12,18H,4-7,9H2,1H3/t12-/m1/s1. The summed E-state index contributed by atoms with van der Waals surface area (Å²) in [5, 5.41) is 14.2. The lowest BCUT2D eigenvalue weighted by Gasteiger charge is -2.35. The number of methoxy groups -OCH3 is 1. The van der Waals surface area contributed by atoms with Crippen molar-refractivity contribution in [3.8, 4) is 5.75 Å². The third-order valence-electron chi connectivity index (χ3n) is 3.80. The van der Waals surface area contributed by atoms with Crippen LogP contribution in [0.1, 0.15) is 18.0 Å². The minimum atomic E-state index is -4.36. The summed E-state index contributed by atoms with van der Waals surface area (Å²) < 4.78 is 43.8. The van der Waals surface area contributed by atoms with Gasteiger partial charge < -0.3 is 10.1 Å². The van der Waals surface area contributed by atoms with E-state index in [-0.39, 0.29) is 17.0 Å². The molecular weight excluding hydrogens is 315 g/mol. The fourth-order valence-electron chi connectivity index (χ4n) is 2.73. The predicted octanol–water partition coefficient (Wildman–Crippen LogP) is 2.50. The zero-order valence-corrected chi connectivity index (χ0v) is 12.6. The fraction of sp³-hybridized carbons (Fsp3) is 0.571. The highest BCUT2D eigenvalue weighted by atomic mass is 19.4. The molecule has 1 aliphatic heterocycles. The molecule has 1 aromatic rings.